The molecule has 0 aromatic heterocycles. The number of nitrogens with zero attached hydrogens (tertiary/aromatic N) is 3. The van der Waals surface area contributed by atoms with Crippen LogP contribution in [0.5, 0.6) is 5.75 Å². The maximum atomic E-state index is 13.3. The van der Waals surface area contributed by atoms with Gasteiger partial charge in [0.1, 0.15) is 12.3 Å². The van der Waals surface area contributed by atoms with Crippen molar-refractivity contribution in [3.05, 3.63) is 52.1 Å². The fourth-order valence-electron chi connectivity index (χ4n) is 3.70. The number of anilines is 3. The van der Waals surface area contributed by atoms with E-state index in [0.29, 0.717) is 32.0 Å². The van der Waals surface area contributed by atoms with Gasteiger partial charge in [-0.1, -0.05) is 0 Å². The van der Waals surface area contributed by atoms with Crippen molar-refractivity contribution in [2.24, 2.45) is 0 Å². The van der Waals surface area contributed by atoms with Crippen molar-refractivity contribution in [3.63, 3.8) is 0 Å². The number of hydrogen-bond acceptors (Lipinski definition) is 7. The molecule has 2 heterocycles. The zero-order valence-corrected chi connectivity index (χ0v) is 17.6. The van der Waals surface area contributed by atoms with Gasteiger partial charge < -0.3 is 19.7 Å². The van der Waals surface area contributed by atoms with Crippen LogP contribution in [0, 0.1) is 10.1 Å². The molecule has 2 aliphatic heterocycles. The standard InChI is InChI=1S/C21H19F3N4O6/c22-21(23,24)13-1-3-16(26-5-7-33-8-6-26)15(9-13)25-19(29)11-27-17-10-14(28(31)32)2-4-18(17)34-12-20(27)30/h1-4,9-10H,5-8,11-12H2,(H,25,29). The van der Waals surface area contributed by atoms with E-state index in [1.54, 1.807) is 4.90 Å². The van der Waals surface area contributed by atoms with Crippen LogP contribution in [0.1, 0.15) is 5.56 Å². The lowest BCUT2D eigenvalue weighted by Crippen LogP contribution is -2.43. The Kier molecular flexibility index (Phi) is 6.28. The topological polar surface area (TPSA) is 114 Å². The van der Waals surface area contributed by atoms with Crippen LogP contribution in [0.15, 0.2) is 36.4 Å². The second-order valence-electron chi connectivity index (χ2n) is 7.55. The van der Waals surface area contributed by atoms with Crippen LogP contribution >= 0.6 is 0 Å². The van der Waals surface area contributed by atoms with Crippen molar-refractivity contribution < 1.29 is 37.2 Å². The third-order valence-electron chi connectivity index (χ3n) is 5.35. The van der Waals surface area contributed by atoms with Crippen LogP contribution in [0.2, 0.25) is 0 Å². The minimum absolute atomic E-state index is 0.0260. The van der Waals surface area contributed by atoms with Crippen molar-refractivity contribution >= 4 is 34.6 Å². The summed E-state index contributed by atoms with van der Waals surface area (Å²) in [6.45, 7) is 0.648. The number of non-ortho nitro benzene ring substituents is 1. The molecule has 2 aromatic rings. The Balaban J connectivity index is 1.61. The monoisotopic (exact) mass is 480 g/mol. The SMILES string of the molecule is O=C(CN1C(=O)COc2ccc([N+](=O)[O-])cc21)Nc1cc(C(F)(F)F)ccc1N1CCOCC1. The van der Waals surface area contributed by atoms with Gasteiger partial charge in [0, 0.05) is 25.2 Å². The van der Waals surface area contributed by atoms with E-state index in [1.165, 1.54) is 18.2 Å². The molecule has 2 amide bonds. The minimum atomic E-state index is -4.62. The van der Waals surface area contributed by atoms with Gasteiger partial charge in [-0.3, -0.25) is 24.6 Å². The molecule has 0 spiro atoms. The Hall–Kier alpha value is -3.87. The van der Waals surface area contributed by atoms with Gasteiger partial charge in [0.2, 0.25) is 5.91 Å². The summed E-state index contributed by atoms with van der Waals surface area (Å²) in [4.78, 5) is 38.5. The van der Waals surface area contributed by atoms with Crippen molar-refractivity contribution in [3.8, 4) is 5.75 Å². The third kappa shape index (κ3) is 4.88. The first kappa shape index (κ1) is 23.3. The number of alkyl halides is 3. The van der Waals surface area contributed by atoms with Gasteiger partial charge in [-0.2, -0.15) is 13.2 Å². The summed E-state index contributed by atoms with van der Waals surface area (Å²) in [6.07, 6.45) is -4.62. The Labute approximate surface area is 191 Å². The predicted molar refractivity (Wildman–Crippen MR) is 114 cm³/mol. The molecule has 0 radical (unpaired) electrons. The Morgan fingerprint density at radius 2 is 1.85 bits per heavy atom. The van der Waals surface area contributed by atoms with E-state index < -0.39 is 35.0 Å². The molecule has 0 atom stereocenters. The molecular formula is C21H19F3N4O6. The molecule has 1 N–H and O–H groups in total. The van der Waals surface area contributed by atoms with Gasteiger partial charge >= 0.3 is 6.18 Å². The van der Waals surface area contributed by atoms with Gasteiger partial charge in [-0.05, 0) is 24.3 Å². The normalized spacial score (nSPS) is 16.0. The number of morpholine rings is 1. The average Bonchev–Trinajstić information content (AvgIpc) is 2.80. The van der Waals surface area contributed by atoms with Crippen molar-refractivity contribution in [2.75, 3.05) is 54.6 Å². The quantitative estimate of drug-likeness (QED) is 0.517. The zero-order valence-electron chi connectivity index (χ0n) is 17.6. The number of rotatable bonds is 5. The average molecular weight is 480 g/mol. The number of nitro groups is 1. The predicted octanol–water partition coefficient (Wildman–Crippen LogP) is 2.81. The molecule has 0 aliphatic carbocycles. The number of ether oxygens (including phenoxy) is 2. The van der Waals surface area contributed by atoms with E-state index in [4.69, 9.17) is 9.47 Å². The van der Waals surface area contributed by atoms with Crippen molar-refractivity contribution in [2.45, 2.75) is 6.18 Å². The summed E-state index contributed by atoms with van der Waals surface area (Å²) in [5, 5.41) is 13.6. The highest BCUT2D eigenvalue weighted by molar-refractivity contribution is 6.06. The number of nitrogens with one attached hydrogen (secondary N) is 1. The number of hydrogen-bond donors (Lipinski definition) is 1. The van der Waals surface area contributed by atoms with E-state index >= 15 is 0 Å². The second kappa shape index (κ2) is 9.17. The van der Waals surface area contributed by atoms with E-state index in [2.05, 4.69) is 5.32 Å². The third-order valence-corrected chi connectivity index (χ3v) is 5.35. The highest BCUT2D eigenvalue weighted by Gasteiger charge is 2.33. The number of carbonyl (C=O) groups is 2. The fourth-order valence-corrected chi connectivity index (χ4v) is 3.70. The lowest BCUT2D eigenvalue weighted by molar-refractivity contribution is -0.384. The molecule has 13 heteroatoms. The van der Waals surface area contributed by atoms with Gasteiger partial charge in [-0.15, -0.1) is 0 Å². The lowest BCUT2D eigenvalue weighted by atomic mass is 10.1. The van der Waals surface area contributed by atoms with E-state index in [0.717, 1.165) is 23.1 Å². The second-order valence-corrected chi connectivity index (χ2v) is 7.55. The van der Waals surface area contributed by atoms with E-state index in [-0.39, 0.29) is 29.4 Å². The molecule has 1 saturated heterocycles. The van der Waals surface area contributed by atoms with Gasteiger partial charge in [0.25, 0.3) is 11.6 Å². The van der Waals surface area contributed by atoms with Crippen molar-refractivity contribution in [1.82, 2.24) is 0 Å². The highest BCUT2D eigenvalue weighted by Crippen LogP contribution is 2.37. The summed E-state index contributed by atoms with van der Waals surface area (Å²) in [5.74, 6) is -1.23. The first-order valence-corrected chi connectivity index (χ1v) is 10.2. The van der Waals surface area contributed by atoms with Crippen LogP contribution in [0.3, 0.4) is 0 Å². The molecule has 34 heavy (non-hydrogen) atoms. The molecule has 180 valence electrons. The summed E-state index contributed by atoms with van der Waals surface area (Å²) in [6, 6.07) is 6.66. The van der Waals surface area contributed by atoms with E-state index in [9.17, 15) is 32.9 Å². The molecule has 10 nitrogen and oxygen atoms in total. The van der Waals surface area contributed by atoms with Crippen LogP contribution in [-0.2, 0) is 20.5 Å². The number of amides is 2. The molecular weight excluding hydrogens is 461 g/mol. The largest absolute Gasteiger partial charge is 0.482 e. The van der Waals surface area contributed by atoms with Gasteiger partial charge in [0.05, 0.1) is 40.8 Å². The summed E-state index contributed by atoms with van der Waals surface area (Å²) < 4.78 is 50.5. The summed E-state index contributed by atoms with van der Waals surface area (Å²) in [5.41, 5.74) is -0.910. The van der Waals surface area contributed by atoms with Gasteiger partial charge in [-0.25, -0.2) is 0 Å². The summed E-state index contributed by atoms with van der Waals surface area (Å²) >= 11 is 0. The zero-order chi connectivity index (χ0) is 24.5. The molecule has 0 saturated carbocycles. The molecule has 0 bridgehead atoms. The molecule has 1 fully saturated rings. The minimum Gasteiger partial charge on any atom is -0.482 e. The maximum Gasteiger partial charge on any atom is 0.416 e. The molecule has 4 rings (SSSR count). The number of fused-ring (bicyclic) bond motifs is 1. The van der Waals surface area contributed by atoms with Crippen LogP contribution in [0.4, 0.5) is 35.9 Å². The fraction of sp³-hybridized carbons (Fsp3) is 0.333. The Morgan fingerprint density at radius 3 is 2.53 bits per heavy atom. The Bertz CT molecular complexity index is 1130. The number of halogens is 3. The van der Waals surface area contributed by atoms with Crippen molar-refractivity contribution in [1.29, 1.82) is 0 Å². The molecule has 2 aromatic carbocycles. The number of nitro benzene ring substituents is 1. The maximum absolute atomic E-state index is 13.3. The number of benzene rings is 2. The first-order chi connectivity index (χ1) is 16.1. The first-order valence-electron chi connectivity index (χ1n) is 10.2. The molecule has 2 aliphatic rings. The van der Waals surface area contributed by atoms with Crippen LogP contribution in [-0.4, -0.2) is 56.2 Å². The number of carbonyl (C=O) groups excluding carboxylic acids is 2. The Morgan fingerprint density at radius 1 is 1.12 bits per heavy atom. The summed E-state index contributed by atoms with van der Waals surface area (Å²) in [7, 11) is 0. The van der Waals surface area contributed by atoms with Crippen LogP contribution < -0.4 is 19.9 Å². The lowest BCUT2D eigenvalue weighted by Gasteiger charge is -2.31. The van der Waals surface area contributed by atoms with Gasteiger partial charge in [0.15, 0.2) is 6.61 Å². The van der Waals surface area contributed by atoms with Crippen LogP contribution in [0.25, 0.3) is 0 Å². The smallest absolute Gasteiger partial charge is 0.416 e. The van der Waals surface area contributed by atoms with E-state index in [1.807, 2.05) is 0 Å². The molecule has 0 unspecified atom stereocenters. The highest BCUT2D eigenvalue weighted by atomic mass is 19.4.